The number of aliphatic imine (C=N–C) groups is 1. The van der Waals surface area contributed by atoms with Crippen LogP contribution in [0.3, 0.4) is 0 Å². The van der Waals surface area contributed by atoms with Crippen LogP contribution in [0.15, 0.2) is 45.9 Å². The molecule has 0 saturated carbocycles. The van der Waals surface area contributed by atoms with Crippen molar-refractivity contribution < 1.29 is 9.21 Å². The van der Waals surface area contributed by atoms with Gasteiger partial charge in [0.25, 0.3) is 0 Å². The Kier molecular flexibility index (Phi) is 7.71. The summed E-state index contributed by atoms with van der Waals surface area (Å²) in [6, 6.07) is 10.3. The van der Waals surface area contributed by atoms with E-state index in [-0.39, 0.29) is 17.2 Å². The molecule has 1 unspecified atom stereocenters. The van der Waals surface area contributed by atoms with Crippen LogP contribution in [0.2, 0.25) is 0 Å². The minimum atomic E-state index is -0.0703. The number of likely N-dealkylation sites (tertiary alicyclic amines) is 1. The molecule has 1 aliphatic heterocycles. The van der Waals surface area contributed by atoms with E-state index in [2.05, 4.69) is 53.5 Å². The van der Waals surface area contributed by atoms with Crippen LogP contribution in [0.4, 0.5) is 0 Å². The number of hydrogen-bond acceptors (Lipinski definition) is 4. The maximum atomic E-state index is 12.4. The predicted molar refractivity (Wildman–Crippen MR) is 123 cm³/mol. The molecule has 7 nitrogen and oxygen atoms in total. The van der Waals surface area contributed by atoms with E-state index in [4.69, 9.17) is 4.42 Å². The SMILES string of the molecule is CCNC(=NCc1ncc(C(C)(C)C)o1)NCC1CC(=O)N(CCc2ccccc2)C1. The van der Waals surface area contributed by atoms with Crippen molar-refractivity contribution in [3.05, 3.63) is 53.7 Å². The van der Waals surface area contributed by atoms with E-state index >= 15 is 0 Å². The maximum Gasteiger partial charge on any atom is 0.223 e. The summed E-state index contributed by atoms with van der Waals surface area (Å²) in [4.78, 5) is 23.3. The first-order chi connectivity index (χ1) is 14.8. The van der Waals surface area contributed by atoms with Crippen LogP contribution in [0, 0.1) is 5.92 Å². The van der Waals surface area contributed by atoms with Crippen molar-refractivity contribution in [2.45, 2.75) is 52.5 Å². The first-order valence-electron chi connectivity index (χ1n) is 11.1. The zero-order valence-electron chi connectivity index (χ0n) is 19.1. The lowest BCUT2D eigenvalue weighted by Gasteiger charge is -2.18. The number of nitrogens with zero attached hydrogens (tertiary/aromatic N) is 3. The molecule has 31 heavy (non-hydrogen) atoms. The molecule has 3 rings (SSSR count). The highest BCUT2D eigenvalue weighted by molar-refractivity contribution is 5.80. The number of carbonyl (C=O) groups excluding carboxylic acids is 1. The number of aromatic nitrogens is 1. The van der Waals surface area contributed by atoms with Gasteiger partial charge in [-0.15, -0.1) is 0 Å². The quantitative estimate of drug-likeness (QED) is 0.502. The molecular weight excluding hydrogens is 390 g/mol. The van der Waals surface area contributed by atoms with Gasteiger partial charge in [-0.05, 0) is 18.9 Å². The normalized spacial score (nSPS) is 17.3. The van der Waals surface area contributed by atoms with Crippen molar-refractivity contribution in [1.82, 2.24) is 20.5 Å². The molecule has 7 heteroatoms. The Bertz CT molecular complexity index is 870. The molecule has 0 bridgehead atoms. The molecule has 1 fully saturated rings. The highest BCUT2D eigenvalue weighted by Gasteiger charge is 2.29. The number of rotatable bonds is 8. The van der Waals surface area contributed by atoms with Crippen molar-refractivity contribution in [2.75, 3.05) is 26.2 Å². The molecular formula is C24H35N5O2. The average Bonchev–Trinajstić information content (AvgIpc) is 3.36. The molecule has 1 aromatic carbocycles. The number of hydrogen-bond donors (Lipinski definition) is 2. The van der Waals surface area contributed by atoms with E-state index in [9.17, 15) is 4.79 Å². The molecule has 168 valence electrons. The predicted octanol–water partition coefficient (Wildman–Crippen LogP) is 3.12. The lowest BCUT2D eigenvalue weighted by atomic mass is 9.94. The Morgan fingerprint density at radius 3 is 2.71 bits per heavy atom. The number of nitrogens with one attached hydrogen (secondary N) is 2. The number of oxazole rings is 1. The fraction of sp³-hybridized carbons (Fsp3) is 0.542. The lowest BCUT2D eigenvalue weighted by molar-refractivity contribution is -0.127. The van der Waals surface area contributed by atoms with Crippen molar-refractivity contribution in [1.29, 1.82) is 0 Å². The summed E-state index contributed by atoms with van der Waals surface area (Å²) in [5.41, 5.74) is 1.19. The monoisotopic (exact) mass is 425 g/mol. The third kappa shape index (κ3) is 6.84. The second-order valence-electron chi connectivity index (χ2n) is 9.09. The van der Waals surface area contributed by atoms with E-state index in [1.165, 1.54) is 5.56 Å². The fourth-order valence-electron chi connectivity index (χ4n) is 3.58. The second kappa shape index (κ2) is 10.5. The van der Waals surface area contributed by atoms with Crippen molar-refractivity contribution in [3.8, 4) is 0 Å². The van der Waals surface area contributed by atoms with Gasteiger partial charge in [-0.3, -0.25) is 4.79 Å². The summed E-state index contributed by atoms with van der Waals surface area (Å²) in [7, 11) is 0. The number of amides is 1. The number of carbonyl (C=O) groups is 1. The van der Waals surface area contributed by atoms with Gasteiger partial charge >= 0.3 is 0 Å². The molecule has 1 aliphatic rings. The van der Waals surface area contributed by atoms with Gasteiger partial charge in [-0.1, -0.05) is 51.1 Å². The summed E-state index contributed by atoms with van der Waals surface area (Å²) in [5.74, 6) is 2.69. The minimum Gasteiger partial charge on any atom is -0.443 e. The third-order valence-corrected chi connectivity index (χ3v) is 5.38. The van der Waals surface area contributed by atoms with Gasteiger partial charge in [0, 0.05) is 43.9 Å². The summed E-state index contributed by atoms with van der Waals surface area (Å²) in [5, 5.41) is 6.63. The Hall–Kier alpha value is -2.83. The van der Waals surface area contributed by atoms with Crippen LogP contribution in [0.1, 0.15) is 51.3 Å². The van der Waals surface area contributed by atoms with Crippen LogP contribution < -0.4 is 10.6 Å². The Labute approximate surface area is 185 Å². The van der Waals surface area contributed by atoms with Gasteiger partial charge in [0.05, 0.1) is 6.20 Å². The zero-order chi connectivity index (χ0) is 22.3. The number of guanidine groups is 1. The average molecular weight is 426 g/mol. The minimum absolute atomic E-state index is 0.0703. The Balaban J connectivity index is 1.48. The lowest BCUT2D eigenvalue weighted by Crippen LogP contribution is -2.40. The van der Waals surface area contributed by atoms with Crippen LogP contribution in [0.5, 0.6) is 0 Å². The number of benzene rings is 1. The zero-order valence-corrected chi connectivity index (χ0v) is 19.1. The van der Waals surface area contributed by atoms with Gasteiger partial charge in [-0.2, -0.15) is 0 Å². The highest BCUT2D eigenvalue weighted by atomic mass is 16.4. The van der Waals surface area contributed by atoms with Crippen molar-refractivity contribution >= 4 is 11.9 Å². The second-order valence-corrected chi connectivity index (χ2v) is 9.09. The third-order valence-electron chi connectivity index (χ3n) is 5.38. The molecule has 1 saturated heterocycles. The van der Waals surface area contributed by atoms with Gasteiger partial charge in [0.1, 0.15) is 12.3 Å². The van der Waals surface area contributed by atoms with Crippen molar-refractivity contribution in [3.63, 3.8) is 0 Å². The highest BCUT2D eigenvalue weighted by Crippen LogP contribution is 2.23. The topological polar surface area (TPSA) is 82.8 Å². The van der Waals surface area contributed by atoms with Gasteiger partial charge in [-0.25, -0.2) is 9.98 Å². The first kappa shape index (κ1) is 22.8. The van der Waals surface area contributed by atoms with Crippen LogP contribution in [-0.2, 0) is 23.2 Å². The molecule has 2 heterocycles. The summed E-state index contributed by atoms with van der Waals surface area (Å²) in [6.45, 7) is 11.7. The molecule has 1 atom stereocenters. The van der Waals surface area contributed by atoms with E-state index in [1.54, 1.807) is 6.20 Å². The first-order valence-corrected chi connectivity index (χ1v) is 11.1. The molecule has 0 aliphatic carbocycles. The van der Waals surface area contributed by atoms with Crippen LogP contribution in [0.25, 0.3) is 0 Å². The molecule has 0 spiro atoms. The van der Waals surface area contributed by atoms with Crippen LogP contribution >= 0.6 is 0 Å². The van der Waals surface area contributed by atoms with E-state index in [0.29, 0.717) is 31.4 Å². The van der Waals surface area contributed by atoms with E-state index in [0.717, 1.165) is 31.8 Å². The smallest absolute Gasteiger partial charge is 0.223 e. The van der Waals surface area contributed by atoms with Crippen molar-refractivity contribution in [2.24, 2.45) is 10.9 Å². The molecule has 1 amide bonds. The summed E-state index contributed by atoms with van der Waals surface area (Å²) in [6.07, 6.45) is 3.25. The maximum absolute atomic E-state index is 12.4. The Morgan fingerprint density at radius 2 is 2.03 bits per heavy atom. The summed E-state index contributed by atoms with van der Waals surface area (Å²) >= 11 is 0. The van der Waals surface area contributed by atoms with E-state index < -0.39 is 0 Å². The molecule has 2 aromatic rings. The summed E-state index contributed by atoms with van der Waals surface area (Å²) < 4.78 is 5.82. The van der Waals surface area contributed by atoms with Crippen LogP contribution in [-0.4, -0.2) is 47.9 Å². The largest absolute Gasteiger partial charge is 0.443 e. The standard InChI is InChI=1S/C24H35N5O2/c1-5-25-23(28-16-21-26-15-20(31-21)24(2,3)4)27-14-19-13-22(30)29(17-19)12-11-18-9-7-6-8-10-18/h6-10,15,19H,5,11-14,16-17H2,1-4H3,(H2,25,27,28). The van der Waals surface area contributed by atoms with Gasteiger partial charge < -0.3 is 20.0 Å². The Morgan fingerprint density at radius 1 is 1.26 bits per heavy atom. The molecule has 0 radical (unpaired) electrons. The molecule has 2 N–H and O–H groups in total. The van der Waals surface area contributed by atoms with Gasteiger partial charge in [0.2, 0.25) is 11.8 Å². The molecule has 1 aromatic heterocycles. The fourth-order valence-corrected chi connectivity index (χ4v) is 3.58. The van der Waals surface area contributed by atoms with E-state index in [1.807, 2.05) is 30.0 Å². The van der Waals surface area contributed by atoms with Gasteiger partial charge in [0.15, 0.2) is 5.96 Å².